The summed E-state index contributed by atoms with van der Waals surface area (Å²) in [6.07, 6.45) is 1.61. The molecule has 23 heavy (non-hydrogen) atoms. The van der Waals surface area contributed by atoms with Gasteiger partial charge in [-0.1, -0.05) is 42.0 Å². The molecular formula is C18H19N5. The molecule has 0 bridgehead atoms. The first kappa shape index (κ1) is 15.0. The molecule has 0 aliphatic rings. The van der Waals surface area contributed by atoms with Crippen LogP contribution in [-0.4, -0.2) is 15.2 Å². The van der Waals surface area contributed by atoms with Crippen molar-refractivity contribution in [2.24, 2.45) is 0 Å². The van der Waals surface area contributed by atoms with Crippen molar-refractivity contribution in [1.29, 1.82) is 0 Å². The zero-order valence-electron chi connectivity index (χ0n) is 13.2. The lowest BCUT2D eigenvalue weighted by Gasteiger charge is -2.08. The van der Waals surface area contributed by atoms with E-state index in [1.54, 1.807) is 6.20 Å². The Morgan fingerprint density at radius 2 is 1.78 bits per heavy atom. The highest BCUT2D eigenvalue weighted by molar-refractivity contribution is 5.56. The molecule has 0 spiro atoms. The van der Waals surface area contributed by atoms with E-state index in [9.17, 15) is 0 Å². The van der Waals surface area contributed by atoms with Crippen LogP contribution in [0.15, 0.2) is 54.7 Å². The second kappa shape index (κ2) is 6.87. The summed E-state index contributed by atoms with van der Waals surface area (Å²) in [6.45, 7) is 4.79. The summed E-state index contributed by atoms with van der Waals surface area (Å²) in [5.74, 6) is 1.17. The largest absolute Gasteiger partial charge is 0.349 e. The maximum atomic E-state index is 4.43. The Bertz CT molecular complexity index is 783. The Balaban J connectivity index is 1.66. The number of rotatable bonds is 5. The lowest BCUT2D eigenvalue weighted by Crippen LogP contribution is -2.06. The summed E-state index contributed by atoms with van der Waals surface area (Å²) < 4.78 is 0. The van der Waals surface area contributed by atoms with Gasteiger partial charge < -0.3 is 10.6 Å². The molecule has 0 aliphatic carbocycles. The number of anilines is 3. The molecule has 0 aliphatic heterocycles. The Kier molecular flexibility index (Phi) is 4.47. The van der Waals surface area contributed by atoms with Crippen molar-refractivity contribution >= 4 is 17.5 Å². The fourth-order valence-electron chi connectivity index (χ4n) is 2.20. The molecule has 0 unspecified atom stereocenters. The van der Waals surface area contributed by atoms with Gasteiger partial charge in [-0.3, -0.25) is 0 Å². The second-order valence-corrected chi connectivity index (χ2v) is 5.50. The Morgan fingerprint density at radius 1 is 0.957 bits per heavy atom. The molecule has 1 heterocycles. The molecule has 5 nitrogen and oxygen atoms in total. The van der Waals surface area contributed by atoms with Gasteiger partial charge in [-0.25, -0.2) is 0 Å². The fraction of sp³-hybridized carbons (Fsp3) is 0.167. The summed E-state index contributed by atoms with van der Waals surface area (Å²) in [5, 5.41) is 14.4. The van der Waals surface area contributed by atoms with Gasteiger partial charge in [0.1, 0.15) is 0 Å². The van der Waals surface area contributed by atoms with E-state index >= 15 is 0 Å². The highest BCUT2D eigenvalue weighted by atomic mass is 15.3. The highest BCUT2D eigenvalue weighted by Crippen LogP contribution is 2.15. The van der Waals surface area contributed by atoms with Crippen LogP contribution < -0.4 is 10.6 Å². The van der Waals surface area contributed by atoms with E-state index in [-0.39, 0.29) is 0 Å². The lowest BCUT2D eigenvalue weighted by molar-refractivity contribution is 0.948. The van der Waals surface area contributed by atoms with Crippen molar-refractivity contribution in [2.45, 2.75) is 20.4 Å². The van der Waals surface area contributed by atoms with E-state index in [0.717, 1.165) is 5.69 Å². The van der Waals surface area contributed by atoms with E-state index in [0.29, 0.717) is 18.3 Å². The average molecular weight is 305 g/mol. The van der Waals surface area contributed by atoms with Gasteiger partial charge in [0.05, 0.1) is 6.20 Å². The first-order valence-corrected chi connectivity index (χ1v) is 7.52. The molecule has 0 fully saturated rings. The van der Waals surface area contributed by atoms with E-state index in [2.05, 4.69) is 76.1 Å². The van der Waals surface area contributed by atoms with Gasteiger partial charge in [-0.15, -0.1) is 5.10 Å². The minimum absolute atomic E-state index is 0.503. The third-order valence-corrected chi connectivity index (χ3v) is 3.42. The van der Waals surface area contributed by atoms with Crippen LogP contribution in [0.5, 0.6) is 0 Å². The normalized spacial score (nSPS) is 10.3. The lowest BCUT2D eigenvalue weighted by atomic mass is 10.1. The second-order valence-electron chi connectivity index (χ2n) is 5.50. The minimum atomic E-state index is 0.503. The molecule has 0 saturated heterocycles. The van der Waals surface area contributed by atoms with Crippen molar-refractivity contribution < 1.29 is 0 Å². The van der Waals surface area contributed by atoms with Crippen LogP contribution in [0.2, 0.25) is 0 Å². The van der Waals surface area contributed by atoms with Crippen molar-refractivity contribution in [1.82, 2.24) is 15.2 Å². The number of hydrogen-bond donors (Lipinski definition) is 2. The third-order valence-electron chi connectivity index (χ3n) is 3.42. The first-order chi connectivity index (χ1) is 11.2. The summed E-state index contributed by atoms with van der Waals surface area (Å²) >= 11 is 0. The van der Waals surface area contributed by atoms with Crippen molar-refractivity contribution in [2.75, 3.05) is 10.6 Å². The van der Waals surface area contributed by atoms with Gasteiger partial charge in [0, 0.05) is 12.2 Å². The molecule has 0 amide bonds. The minimum Gasteiger partial charge on any atom is -0.349 e. The SMILES string of the molecule is Cc1ccc(CNc2nncc(Nc3cccc(C)c3)n2)cc1. The van der Waals surface area contributed by atoms with Crippen LogP contribution in [0.1, 0.15) is 16.7 Å². The van der Waals surface area contributed by atoms with Crippen molar-refractivity contribution in [3.8, 4) is 0 Å². The molecule has 0 atom stereocenters. The standard InChI is InChI=1S/C18H19N5/c1-13-6-8-15(9-7-13)11-19-18-22-17(12-20-23-18)21-16-5-3-4-14(2)10-16/h3-10,12H,11H2,1-2H3,(H2,19,21,22,23). The molecule has 5 heteroatoms. The van der Waals surface area contributed by atoms with Crippen LogP contribution in [0.4, 0.5) is 17.5 Å². The maximum absolute atomic E-state index is 4.43. The Hall–Kier alpha value is -2.95. The molecular weight excluding hydrogens is 286 g/mol. The van der Waals surface area contributed by atoms with Gasteiger partial charge in [0.25, 0.3) is 0 Å². The molecule has 0 saturated carbocycles. The summed E-state index contributed by atoms with van der Waals surface area (Å²) in [5.41, 5.74) is 4.59. The van der Waals surface area contributed by atoms with Gasteiger partial charge in [0.15, 0.2) is 5.82 Å². The van der Waals surface area contributed by atoms with Crippen molar-refractivity contribution in [3.63, 3.8) is 0 Å². The average Bonchev–Trinajstić information content (AvgIpc) is 2.55. The fourth-order valence-corrected chi connectivity index (χ4v) is 2.20. The first-order valence-electron chi connectivity index (χ1n) is 7.52. The number of hydrogen-bond acceptors (Lipinski definition) is 5. The number of nitrogens with one attached hydrogen (secondary N) is 2. The number of benzene rings is 2. The maximum Gasteiger partial charge on any atom is 0.244 e. The van der Waals surface area contributed by atoms with E-state index in [1.165, 1.54) is 16.7 Å². The molecule has 0 radical (unpaired) electrons. The molecule has 2 aromatic carbocycles. The summed E-state index contributed by atoms with van der Waals surface area (Å²) in [4.78, 5) is 4.43. The molecule has 2 N–H and O–H groups in total. The highest BCUT2D eigenvalue weighted by Gasteiger charge is 2.02. The van der Waals surface area contributed by atoms with E-state index < -0.39 is 0 Å². The van der Waals surface area contributed by atoms with Crippen LogP contribution in [0, 0.1) is 13.8 Å². The quantitative estimate of drug-likeness (QED) is 0.750. The third kappa shape index (κ3) is 4.26. The van der Waals surface area contributed by atoms with Crippen LogP contribution in [0.3, 0.4) is 0 Å². The van der Waals surface area contributed by atoms with E-state index in [1.807, 2.05) is 12.1 Å². The van der Waals surface area contributed by atoms with Crippen LogP contribution in [-0.2, 0) is 6.54 Å². The molecule has 3 aromatic rings. The van der Waals surface area contributed by atoms with Gasteiger partial charge >= 0.3 is 0 Å². The van der Waals surface area contributed by atoms with Gasteiger partial charge in [-0.2, -0.15) is 10.1 Å². The number of aryl methyl sites for hydroxylation is 2. The van der Waals surface area contributed by atoms with Crippen molar-refractivity contribution in [3.05, 3.63) is 71.4 Å². The monoisotopic (exact) mass is 305 g/mol. The number of aromatic nitrogens is 3. The summed E-state index contributed by atoms with van der Waals surface area (Å²) in [7, 11) is 0. The molecule has 3 rings (SSSR count). The zero-order chi connectivity index (χ0) is 16.1. The smallest absolute Gasteiger partial charge is 0.244 e. The summed E-state index contributed by atoms with van der Waals surface area (Å²) in [6, 6.07) is 16.5. The topological polar surface area (TPSA) is 62.7 Å². The number of nitrogens with zero attached hydrogens (tertiary/aromatic N) is 3. The van der Waals surface area contributed by atoms with Crippen LogP contribution in [0.25, 0.3) is 0 Å². The van der Waals surface area contributed by atoms with Crippen LogP contribution >= 0.6 is 0 Å². The Labute approximate surface area is 135 Å². The Morgan fingerprint density at radius 3 is 2.57 bits per heavy atom. The zero-order valence-corrected chi connectivity index (χ0v) is 13.2. The molecule has 116 valence electrons. The van der Waals surface area contributed by atoms with Gasteiger partial charge in [-0.05, 0) is 37.1 Å². The predicted octanol–water partition coefficient (Wildman–Crippen LogP) is 3.84. The van der Waals surface area contributed by atoms with E-state index in [4.69, 9.17) is 0 Å². The van der Waals surface area contributed by atoms with Gasteiger partial charge in [0.2, 0.25) is 5.95 Å². The molecule has 1 aromatic heterocycles. The predicted molar refractivity (Wildman–Crippen MR) is 92.8 cm³/mol.